The number of hydrogen-bond acceptors (Lipinski definition) is 20. The molecule has 4 aliphatic rings. The lowest BCUT2D eigenvalue weighted by atomic mass is 9.51. The van der Waals surface area contributed by atoms with E-state index in [9.17, 15) is 48.9 Å². The van der Waals surface area contributed by atoms with E-state index in [1.165, 1.54) is 35.0 Å². The number of nitrogens with one attached hydrogen (secondary N) is 6. The number of hydrogen-bond donors (Lipinski definition) is 7. The third-order valence-electron chi connectivity index (χ3n) is 20.0. The second kappa shape index (κ2) is 44.2. The summed E-state index contributed by atoms with van der Waals surface area (Å²) in [5, 5.41) is 40.2. The molecule has 7 N–H and O–H groups in total. The van der Waals surface area contributed by atoms with E-state index in [1.807, 2.05) is 36.4 Å². The summed E-state index contributed by atoms with van der Waals surface area (Å²) in [5.74, 6) is -2.30. The highest BCUT2D eigenvalue weighted by molar-refractivity contribution is 6.45. The smallest absolute Gasteiger partial charge is 0.422 e. The number of anilines is 3. The first-order valence-electron chi connectivity index (χ1n) is 37.9. The van der Waals surface area contributed by atoms with Gasteiger partial charge in [0.05, 0.1) is 56.6 Å². The molecular formula is C76H104B3N13O16. The molecule has 0 saturated carbocycles. The number of unbranched alkanes of at least 4 members (excludes halogenated alkanes) is 12. The molecule has 1 aromatic heterocycles. The topological polar surface area (TPSA) is 385 Å². The number of likely N-dealkylation sites (N-methyl/N-ethyl adjacent to an activating group) is 2. The van der Waals surface area contributed by atoms with Crippen LogP contribution in [0.2, 0.25) is 19.5 Å². The maximum absolute atomic E-state index is 14.7. The minimum absolute atomic E-state index is 0.000873. The van der Waals surface area contributed by atoms with Crippen molar-refractivity contribution < 1.29 is 66.5 Å². The van der Waals surface area contributed by atoms with Crippen molar-refractivity contribution in [1.82, 2.24) is 24.5 Å². The van der Waals surface area contributed by atoms with Crippen LogP contribution in [0.1, 0.15) is 174 Å². The van der Waals surface area contributed by atoms with Crippen molar-refractivity contribution in [2.45, 2.75) is 178 Å². The first kappa shape index (κ1) is 84.3. The van der Waals surface area contributed by atoms with Gasteiger partial charge in [-0.15, -0.1) is 0 Å². The second-order valence-electron chi connectivity index (χ2n) is 27.7. The number of carbonyl (C=O) groups excluding carboxylic acids is 6. The second-order valence-corrected chi connectivity index (χ2v) is 27.7. The van der Waals surface area contributed by atoms with E-state index in [-0.39, 0.29) is 131 Å². The number of fused-ring (bicyclic) bond motifs is 1. The molecule has 6 amide bonds. The standard InChI is InChI=1S/C76H104B3N13O16/c1-79(101)83-35-19-13-7-10-16-22-69(95)86-55-25-29-60-64(46-55)76(62-44-53(84-67(93)20-14-8-5-11-17-33-77-106-51-80)23-27-58(62)72(60)59-28-24-54(45-63(59)76)85-68(94)21-15-9-6-12-18-34-78-107-52-81)32-31-70(96)89(2)36-38-102-40-42-104-43-41-103-39-37-90(3)73(98)66-47-56(87-88-82)49-92(66)71(97)50-105-57-26-30-61-65(48-57)91(4)75(100)108-74(61)99/h23-30,44-46,48,51-52,56,66,72,80-81,83,101H,5-22,31-43,47,49-50H2,1-4H3,(H,84,93)(H,85,94)(H,86,95)/t56-,66-,72?,76?/m0/s1. The molecule has 0 unspecified atom stereocenters. The molecule has 108 heavy (non-hydrogen) atoms. The Morgan fingerprint density at radius 1 is 0.667 bits per heavy atom. The highest BCUT2D eigenvalue weighted by Crippen LogP contribution is 2.62. The maximum atomic E-state index is 14.7. The maximum Gasteiger partial charge on any atom is 0.422 e. The van der Waals surface area contributed by atoms with Crippen LogP contribution in [0.4, 0.5) is 17.1 Å². The van der Waals surface area contributed by atoms with Gasteiger partial charge in [0, 0.05) is 106 Å². The fourth-order valence-electron chi connectivity index (χ4n) is 14.3. The van der Waals surface area contributed by atoms with Crippen molar-refractivity contribution in [2.24, 2.45) is 12.2 Å². The molecule has 9 rings (SSSR count). The van der Waals surface area contributed by atoms with Gasteiger partial charge in [0.2, 0.25) is 29.5 Å². The van der Waals surface area contributed by atoms with E-state index < -0.39 is 48.4 Å². The largest absolute Gasteiger partial charge is 0.556 e. The van der Waals surface area contributed by atoms with Gasteiger partial charge < -0.3 is 73.6 Å². The number of ether oxygens (including phenoxy) is 4. The average Bonchev–Trinajstić information content (AvgIpc) is 0.894. The van der Waals surface area contributed by atoms with Gasteiger partial charge in [0.15, 0.2) is 6.61 Å². The molecule has 29 nitrogen and oxygen atoms in total. The molecule has 4 aromatic carbocycles. The normalized spacial score (nSPS) is 15.7. The van der Waals surface area contributed by atoms with Crippen molar-refractivity contribution in [3.63, 3.8) is 0 Å². The zero-order chi connectivity index (χ0) is 77.2. The number of amides is 6. The van der Waals surface area contributed by atoms with Crippen LogP contribution in [0.3, 0.4) is 0 Å². The molecule has 578 valence electrons. The van der Waals surface area contributed by atoms with E-state index in [4.69, 9.17) is 43.5 Å². The third-order valence-corrected chi connectivity index (χ3v) is 20.0. The number of likely N-dealkylation sites (tertiary alicyclic amines) is 1. The Kier molecular flexibility index (Phi) is 34.5. The van der Waals surface area contributed by atoms with Gasteiger partial charge in [-0.1, -0.05) is 93.9 Å². The summed E-state index contributed by atoms with van der Waals surface area (Å²) in [5.41, 5.74) is 15.3. The van der Waals surface area contributed by atoms with Crippen molar-refractivity contribution in [3.8, 4) is 5.75 Å². The van der Waals surface area contributed by atoms with Crippen LogP contribution in [0.25, 0.3) is 21.3 Å². The highest BCUT2D eigenvalue weighted by Gasteiger charge is 2.52. The lowest BCUT2D eigenvalue weighted by Crippen LogP contribution is -2.48. The molecule has 3 aliphatic carbocycles. The summed E-state index contributed by atoms with van der Waals surface area (Å²) in [7, 11) is 7.45. The zero-order valence-electron chi connectivity index (χ0n) is 62.8. The van der Waals surface area contributed by atoms with Gasteiger partial charge in [-0.25, -0.2) is 9.59 Å². The molecule has 0 spiro atoms. The summed E-state index contributed by atoms with van der Waals surface area (Å²) in [4.78, 5) is 115. The summed E-state index contributed by atoms with van der Waals surface area (Å²) >= 11 is 0. The molecule has 32 heteroatoms. The number of nitrogens with zero attached hydrogens (tertiary/aromatic N) is 7. The number of aromatic nitrogens is 1. The highest BCUT2D eigenvalue weighted by atomic mass is 16.5. The molecule has 2 radical (unpaired) electrons. The fourth-order valence-corrected chi connectivity index (χ4v) is 14.3. The Labute approximate surface area is 632 Å². The zero-order valence-corrected chi connectivity index (χ0v) is 62.8. The molecule has 1 fully saturated rings. The monoisotopic (exact) mass is 1490 g/mol. The fraction of sp³-hybridized carbons (Fsp3) is 0.553. The summed E-state index contributed by atoms with van der Waals surface area (Å²) in [6, 6.07) is 20.9. The van der Waals surface area contributed by atoms with Crippen LogP contribution >= 0.6 is 0 Å². The number of azide groups is 1. The minimum Gasteiger partial charge on any atom is -0.556 e. The lowest BCUT2D eigenvalue weighted by molar-refractivity contribution is -0.144. The van der Waals surface area contributed by atoms with Crippen LogP contribution in [0, 0.1) is 10.8 Å². The third kappa shape index (κ3) is 24.6. The molecule has 2 heterocycles. The van der Waals surface area contributed by atoms with E-state index in [1.54, 1.807) is 40.8 Å². The Morgan fingerprint density at radius 3 is 1.65 bits per heavy atom. The number of carbonyl (C=O) groups is 6. The number of aryl methyl sites for hydroxylation is 1. The molecular weight excluding hydrogens is 1380 g/mol. The number of benzene rings is 4. The Bertz CT molecular complexity index is 3930. The molecule has 5 aromatic rings. The van der Waals surface area contributed by atoms with E-state index in [0.29, 0.717) is 55.6 Å². The van der Waals surface area contributed by atoms with Gasteiger partial charge in [0.1, 0.15) is 24.6 Å². The summed E-state index contributed by atoms with van der Waals surface area (Å²) in [6.07, 6.45) is 18.2. The molecule has 2 atom stereocenters. The van der Waals surface area contributed by atoms with Crippen LogP contribution in [0.5, 0.6) is 5.75 Å². The van der Waals surface area contributed by atoms with E-state index >= 15 is 0 Å². The van der Waals surface area contributed by atoms with Gasteiger partial charge in [-0.3, -0.25) is 44.2 Å². The summed E-state index contributed by atoms with van der Waals surface area (Å²) in [6.45, 7) is 3.70. The predicted octanol–water partition coefficient (Wildman–Crippen LogP) is 9.60. The Hall–Kier alpha value is -9.32. The van der Waals surface area contributed by atoms with Gasteiger partial charge in [-0.05, 0) is 152 Å². The van der Waals surface area contributed by atoms with Gasteiger partial charge in [-0.2, -0.15) is 0 Å². The number of rotatable bonds is 52. The van der Waals surface area contributed by atoms with Crippen LogP contribution in [0.15, 0.2) is 91.9 Å². The van der Waals surface area contributed by atoms with Crippen molar-refractivity contribution in [1.29, 1.82) is 10.8 Å². The first-order valence-corrected chi connectivity index (χ1v) is 37.9. The van der Waals surface area contributed by atoms with E-state index in [0.717, 1.165) is 147 Å². The van der Waals surface area contributed by atoms with Crippen molar-refractivity contribution >= 4 is 98.2 Å². The van der Waals surface area contributed by atoms with Crippen molar-refractivity contribution in [3.05, 3.63) is 138 Å². The van der Waals surface area contributed by atoms with Crippen LogP contribution in [-0.4, -0.2) is 193 Å². The molecule has 1 saturated heterocycles. The van der Waals surface area contributed by atoms with Gasteiger partial charge in [0.25, 0.3) is 5.91 Å². The van der Waals surface area contributed by atoms with Crippen LogP contribution in [-0.2, 0) is 64.7 Å². The molecule has 1 aliphatic heterocycles. The summed E-state index contributed by atoms with van der Waals surface area (Å²) < 4.78 is 39.0. The van der Waals surface area contributed by atoms with Crippen molar-refractivity contribution in [2.75, 3.05) is 102 Å². The van der Waals surface area contributed by atoms with Gasteiger partial charge >= 0.3 is 33.4 Å². The van der Waals surface area contributed by atoms with E-state index in [2.05, 4.69) is 49.4 Å². The average molecular weight is 1490 g/mol. The SMILES string of the molecule is CB(O)NCCCCCCCC(=O)Nc1ccc2c(c1)C1(CCC(=O)N(C)CCOCCOCCOCCN(C)C(=O)[C@@H]3C[C@H](N=[N+]=[N-])CN3C(=O)COc3ccc4c(=O)oc(=O)n(C)c4c3)c3cc(NC(=O)CCCCCCC[B]OC=N)ccc3C2c2ccc(NC(=O)CCCCCCC[B]OC=N)cc21. The predicted molar refractivity (Wildman–Crippen MR) is 415 cm³/mol. The molecule has 2 bridgehead atoms. The lowest BCUT2D eigenvalue weighted by Gasteiger charge is -2.51. The quantitative estimate of drug-likeness (QED) is 0.00362. The Balaban J connectivity index is 0.881. The first-order chi connectivity index (χ1) is 52.4. The van der Waals surface area contributed by atoms with Crippen LogP contribution < -0.4 is 37.3 Å². The Morgan fingerprint density at radius 2 is 1.15 bits per heavy atom. The minimum atomic E-state index is -1.02.